The van der Waals surface area contributed by atoms with Crippen molar-refractivity contribution < 1.29 is 41.8 Å². The summed E-state index contributed by atoms with van der Waals surface area (Å²) >= 11 is 0. The van der Waals surface area contributed by atoms with E-state index in [-0.39, 0.29) is 5.91 Å². The van der Waals surface area contributed by atoms with Gasteiger partial charge in [0.25, 0.3) is 11.8 Å². The van der Waals surface area contributed by atoms with Crippen molar-refractivity contribution in [2.24, 2.45) is 11.3 Å². The second kappa shape index (κ2) is 13.5. The van der Waals surface area contributed by atoms with E-state index in [9.17, 15) is 32.3 Å². The number of nitrogens with one attached hydrogen (secondary N) is 3. The molecule has 1 aromatic heterocycles. The van der Waals surface area contributed by atoms with E-state index in [1.807, 2.05) is 6.07 Å². The van der Waals surface area contributed by atoms with E-state index in [2.05, 4.69) is 25.8 Å². The second-order valence-corrected chi connectivity index (χ2v) is 12.0. The molecule has 4 rings (SSSR count). The molecule has 3 N–H and O–H groups in total. The summed E-state index contributed by atoms with van der Waals surface area (Å²) in [7, 11) is 0. The maximum absolute atomic E-state index is 13.5. The number of hydrogen-bond donors (Lipinski definition) is 3. The molecular formula is C31H38F3N5O6. The first-order valence-electron chi connectivity index (χ1n) is 14.8. The predicted octanol–water partition coefficient (Wildman–Crippen LogP) is 3.55. The number of nitrogens with zero attached hydrogens (tertiary/aromatic N) is 2. The fourth-order valence-corrected chi connectivity index (χ4v) is 5.04. The van der Waals surface area contributed by atoms with Crippen molar-refractivity contribution in [1.82, 2.24) is 26.1 Å². The third-order valence-corrected chi connectivity index (χ3v) is 7.78. The molecule has 244 valence electrons. The number of cyclic esters (lactones) is 1. The van der Waals surface area contributed by atoms with Crippen LogP contribution < -0.4 is 16.1 Å². The highest BCUT2D eigenvalue weighted by Gasteiger charge is 2.42. The Morgan fingerprint density at radius 3 is 2.44 bits per heavy atom. The van der Waals surface area contributed by atoms with Crippen LogP contribution in [0.25, 0.3) is 17.0 Å². The molecule has 5 atom stereocenters. The third kappa shape index (κ3) is 8.37. The average Bonchev–Trinajstić information content (AvgIpc) is 2.99. The molecule has 0 radical (unpaired) electrons. The van der Waals surface area contributed by atoms with Crippen molar-refractivity contribution >= 4 is 40.7 Å². The van der Waals surface area contributed by atoms with Crippen LogP contribution in [0.4, 0.5) is 13.2 Å². The number of pyridine rings is 1. The van der Waals surface area contributed by atoms with Crippen molar-refractivity contribution in [2.45, 2.75) is 78.1 Å². The molecule has 2 aliphatic heterocycles. The van der Waals surface area contributed by atoms with Gasteiger partial charge in [-0.1, -0.05) is 44.2 Å². The van der Waals surface area contributed by atoms with E-state index in [4.69, 9.17) is 4.74 Å². The van der Waals surface area contributed by atoms with Crippen LogP contribution in [0.5, 0.6) is 0 Å². The Kier molecular flexibility index (Phi) is 10.2. The largest absolute Gasteiger partial charge is 0.522 e. The van der Waals surface area contributed by atoms with Gasteiger partial charge >= 0.3 is 12.3 Å². The van der Waals surface area contributed by atoms with Gasteiger partial charge in [-0.2, -0.15) is 0 Å². The maximum Gasteiger partial charge on any atom is 0.522 e. The normalized spacial score (nSPS) is 28.1. The van der Waals surface area contributed by atoms with Crippen LogP contribution in [-0.4, -0.2) is 71.4 Å². The SMILES string of the molecule is CC1NC(=O)C(C(C)C)OC(=O)[C@@](C)(COC(F)(F)F)/C=C/c2ccc3ccc(nc3c2)[C@@H](C)NC(=O)C2CCCN(N2)C1=O. The van der Waals surface area contributed by atoms with Crippen molar-refractivity contribution in [3.05, 3.63) is 47.7 Å². The molecule has 1 aromatic carbocycles. The lowest BCUT2D eigenvalue weighted by Gasteiger charge is -2.35. The monoisotopic (exact) mass is 633 g/mol. The van der Waals surface area contributed by atoms with Crippen molar-refractivity contribution in [3.63, 3.8) is 0 Å². The molecule has 14 heteroatoms. The number of rotatable bonds is 3. The summed E-state index contributed by atoms with van der Waals surface area (Å²) in [6.07, 6.45) is -2.77. The molecule has 5 bridgehead atoms. The van der Waals surface area contributed by atoms with Gasteiger partial charge < -0.3 is 15.4 Å². The van der Waals surface area contributed by atoms with E-state index in [1.165, 1.54) is 31.0 Å². The number of esters is 1. The first-order chi connectivity index (χ1) is 21.1. The van der Waals surface area contributed by atoms with Gasteiger partial charge in [-0.15, -0.1) is 13.2 Å². The number of aromatic nitrogens is 1. The van der Waals surface area contributed by atoms with E-state index in [0.717, 1.165) is 5.39 Å². The van der Waals surface area contributed by atoms with E-state index in [1.54, 1.807) is 45.0 Å². The minimum absolute atomic E-state index is 0.291. The lowest BCUT2D eigenvalue weighted by atomic mass is 9.90. The summed E-state index contributed by atoms with van der Waals surface area (Å²) in [6, 6.07) is 6.50. The highest BCUT2D eigenvalue weighted by molar-refractivity contribution is 5.91. The topological polar surface area (TPSA) is 139 Å². The molecular weight excluding hydrogens is 595 g/mol. The molecule has 3 heterocycles. The van der Waals surface area contributed by atoms with Gasteiger partial charge in [0.1, 0.15) is 17.5 Å². The minimum Gasteiger partial charge on any atom is -0.451 e. The Labute approximate surface area is 258 Å². The Morgan fingerprint density at radius 2 is 1.76 bits per heavy atom. The summed E-state index contributed by atoms with van der Waals surface area (Å²) < 4.78 is 48.9. The summed E-state index contributed by atoms with van der Waals surface area (Å²) in [5.41, 5.74) is 2.62. The second-order valence-electron chi connectivity index (χ2n) is 12.0. The number of benzene rings is 1. The summed E-state index contributed by atoms with van der Waals surface area (Å²) in [4.78, 5) is 57.8. The lowest BCUT2D eigenvalue weighted by molar-refractivity contribution is -0.330. The van der Waals surface area contributed by atoms with Crippen molar-refractivity contribution in [3.8, 4) is 0 Å². The van der Waals surface area contributed by atoms with Crippen LogP contribution in [0.15, 0.2) is 36.4 Å². The summed E-state index contributed by atoms with van der Waals surface area (Å²) in [5.74, 6) is -3.37. The molecule has 3 amide bonds. The number of amides is 3. The number of halogens is 3. The van der Waals surface area contributed by atoms with E-state index >= 15 is 0 Å². The van der Waals surface area contributed by atoms with Crippen LogP contribution in [0.2, 0.25) is 0 Å². The zero-order chi connectivity index (χ0) is 33.1. The average molecular weight is 634 g/mol. The number of alkyl halides is 3. The molecule has 1 fully saturated rings. The van der Waals surface area contributed by atoms with E-state index < -0.39 is 66.3 Å². The molecule has 0 aliphatic carbocycles. The molecule has 11 nitrogen and oxygen atoms in total. The van der Waals surface area contributed by atoms with Crippen molar-refractivity contribution in [1.29, 1.82) is 0 Å². The Hall–Kier alpha value is -4.04. The van der Waals surface area contributed by atoms with Crippen molar-refractivity contribution in [2.75, 3.05) is 13.2 Å². The highest BCUT2D eigenvalue weighted by atomic mass is 19.4. The Morgan fingerprint density at radius 1 is 1.07 bits per heavy atom. The van der Waals surface area contributed by atoms with Crippen LogP contribution >= 0.6 is 0 Å². The van der Waals surface area contributed by atoms with Crippen LogP contribution in [0.3, 0.4) is 0 Å². The first-order valence-corrected chi connectivity index (χ1v) is 14.8. The van der Waals surface area contributed by atoms with Gasteiger partial charge in [-0.05, 0) is 57.2 Å². The summed E-state index contributed by atoms with van der Waals surface area (Å²) in [5, 5.41) is 7.52. The van der Waals surface area contributed by atoms with Crippen LogP contribution in [0, 0.1) is 11.3 Å². The molecule has 1 saturated heterocycles. The minimum atomic E-state index is -5.03. The first kappa shape index (κ1) is 33.8. The smallest absolute Gasteiger partial charge is 0.451 e. The number of hydrogen-bond acceptors (Lipinski definition) is 8. The fourth-order valence-electron chi connectivity index (χ4n) is 5.04. The predicted molar refractivity (Wildman–Crippen MR) is 158 cm³/mol. The zero-order valence-corrected chi connectivity index (χ0v) is 25.7. The van der Waals surface area contributed by atoms with Gasteiger partial charge in [0.2, 0.25) is 5.91 Å². The highest BCUT2D eigenvalue weighted by Crippen LogP contribution is 2.29. The summed E-state index contributed by atoms with van der Waals surface area (Å²) in [6.45, 7) is 6.81. The van der Waals surface area contributed by atoms with Gasteiger partial charge in [0, 0.05) is 11.9 Å². The maximum atomic E-state index is 13.5. The Bertz CT molecular complexity index is 1480. The fraction of sp³-hybridized carbons (Fsp3) is 0.516. The third-order valence-electron chi connectivity index (χ3n) is 7.78. The number of carbonyl (C=O) groups is 4. The molecule has 2 aromatic rings. The quantitative estimate of drug-likeness (QED) is 0.437. The standard InChI is InChI=1S/C31H38F3N5O6/c1-17(2)25-27(41)36-19(4)28(42)39-14-6-7-23(38-39)26(40)35-18(3)22-11-10-21-9-8-20(15-24(21)37-22)12-13-30(5,29(43)45-25)16-44-31(32,33)34/h8-13,15,17-19,23,25,38H,6-7,14,16H2,1-5H3,(H,35,40)(H,36,41)/b13-12+/t18-,19?,23?,25?,30-/m1/s1. The van der Waals surface area contributed by atoms with E-state index in [0.29, 0.717) is 36.2 Å². The van der Waals surface area contributed by atoms with Crippen LogP contribution in [-0.2, 0) is 28.7 Å². The number of ether oxygens (including phenoxy) is 2. The zero-order valence-electron chi connectivity index (χ0n) is 25.7. The molecule has 3 unspecified atom stereocenters. The number of fused-ring (bicyclic) bond motifs is 4. The molecule has 0 saturated carbocycles. The molecule has 0 spiro atoms. The van der Waals surface area contributed by atoms with Crippen LogP contribution in [0.1, 0.15) is 64.8 Å². The molecule has 2 aliphatic rings. The number of hydrazine groups is 1. The Balaban J connectivity index is 1.75. The van der Waals surface area contributed by atoms with Gasteiger partial charge in [0.15, 0.2) is 6.10 Å². The van der Waals surface area contributed by atoms with Gasteiger partial charge in [-0.3, -0.25) is 33.9 Å². The number of carbonyl (C=O) groups excluding carboxylic acids is 4. The lowest BCUT2D eigenvalue weighted by Crippen LogP contribution is -2.61. The van der Waals surface area contributed by atoms with Gasteiger partial charge in [-0.25, -0.2) is 5.43 Å². The van der Waals surface area contributed by atoms with Gasteiger partial charge in [0.05, 0.1) is 23.9 Å². The molecule has 45 heavy (non-hydrogen) atoms.